The first kappa shape index (κ1) is 19.8. The third kappa shape index (κ3) is 4.18. The van der Waals surface area contributed by atoms with Gasteiger partial charge in [-0.3, -0.25) is 4.79 Å². The lowest BCUT2D eigenvalue weighted by Gasteiger charge is -2.33. The number of hydrogen-bond acceptors (Lipinski definition) is 2. The van der Waals surface area contributed by atoms with Gasteiger partial charge < -0.3 is 10.2 Å². The van der Waals surface area contributed by atoms with E-state index in [0.29, 0.717) is 5.56 Å². The molecule has 2 rings (SSSR count). The molecule has 0 aliphatic carbocycles. The minimum absolute atomic E-state index is 0. The molecule has 1 saturated heterocycles. The second-order valence-electron chi connectivity index (χ2n) is 6.27. The zero-order valence-corrected chi connectivity index (χ0v) is 14.2. The number of carbonyl (C=O) groups excluding carboxylic acids is 1. The van der Waals surface area contributed by atoms with Crippen molar-refractivity contribution in [2.24, 2.45) is 0 Å². The second-order valence-corrected chi connectivity index (χ2v) is 6.27. The molecule has 0 radical (unpaired) electrons. The molecule has 1 fully saturated rings. The van der Waals surface area contributed by atoms with Crippen LogP contribution in [0, 0.1) is 0 Å². The van der Waals surface area contributed by atoms with E-state index in [1.54, 1.807) is 31.9 Å². The monoisotopic (exact) mass is 350 g/mol. The van der Waals surface area contributed by atoms with Crippen LogP contribution in [-0.4, -0.2) is 37.0 Å². The number of amides is 1. The van der Waals surface area contributed by atoms with Gasteiger partial charge >= 0.3 is 6.18 Å². The van der Waals surface area contributed by atoms with E-state index in [1.165, 1.54) is 6.07 Å². The summed E-state index contributed by atoms with van der Waals surface area (Å²) in [6.45, 7) is 4.92. The molecule has 3 nitrogen and oxygen atoms in total. The Morgan fingerprint density at radius 1 is 1.26 bits per heavy atom. The van der Waals surface area contributed by atoms with E-state index in [0.717, 1.165) is 31.6 Å². The summed E-state index contributed by atoms with van der Waals surface area (Å²) in [4.78, 5) is 14.4. The van der Waals surface area contributed by atoms with Crippen molar-refractivity contribution in [1.82, 2.24) is 10.2 Å². The van der Waals surface area contributed by atoms with E-state index in [4.69, 9.17) is 0 Å². The van der Waals surface area contributed by atoms with Gasteiger partial charge in [0.05, 0.1) is 11.0 Å². The Bertz CT molecular complexity index is 555. The number of rotatable bonds is 3. The Labute approximate surface area is 140 Å². The van der Waals surface area contributed by atoms with E-state index in [2.05, 4.69) is 5.32 Å². The molecule has 23 heavy (non-hydrogen) atoms. The summed E-state index contributed by atoms with van der Waals surface area (Å²) in [6, 6.07) is 5.11. The van der Waals surface area contributed by atoms with Gasteiger partial charge in [-0.05, 0) is 38.4 Å². The van der Waals surface area contributed by atoms with E-state index in [1.807, 2.05) is 0 Å². The van der Waals surface area contributed by atoms with Gasteiger partial charge in [-0.2, -0.15) is 13.2 Å². The SMILES string of the molecule is CN(C(=O)C(C)(C)c1cccc(C(F)(F)F)c1)C1CCNC1.Cl. The number of likely N-dealkylation sites (N-methyl/N-ethyl adjacent to an activating group) is 1. The Morgan fingerprint density at radius 2 is 1.87 bits per heavy atom. The second kappa shape index (κ2) is 7.09. The van der Waals surface area contributed by atoms with Crippen molar-refractivity contribution in [3.05, 3.63) is 35.4 Å². The average Bonchev–Trinajstić information content (AvgIpc) is 2.99. The van der Waals surface area contributed by atoms with Crippen LogP contribution in [0.2, 0.25) is 0 Å². The predicted octanol–water partition coefficient (Wildman–Crippen LogP) is 3.23. The van der Waals surface area contributed by atoms with Gasteiger partial charge in [0.1, 0.15) is 0 Å². The highest BCUT2D eigenvalue weighted by Crippen LogP contribution is 2.33. The summed E-state index contributed by atoms with van der Waals surface area (Å²) in [5, 5.41) is 3.19. The fraction of sp³-hybridized carbons (Fsp3) is 0.562. The fourth-order valence-electron chi connectivity index (χ4n) is 2.78. The quantitative estimate of drug-likeness (QED) is 0.907. The van der Waals surface area contributed by atoms with Crippen molar-refractivity contribution in [2.75, 3.05) is 20.1 Å². The highest BCUT2D eigenvalue weighted by atomic mass is 35.5. The minimum atomic E-state index is -4.41. The molecule has 1 aliphatic heterocycles. The third-order valence-corrected chi connectivity index (χ3v) is 4.35. The lowest BCUT2D eigenvalue weighted by atomic mass is 9.82. The number of nitrogens with one attached hydrogen (secondary N) is 1. The largest absolute Gasteiger partial charge is 0.416 e. The van der Waals surface area contributed by atoms with Gasteiger partial charge in [-0.1, -0.05) is 18.2 Å². The minimum Gasteiger partial charge on any atom is -0.341 e. The maximum atomic E-state index is 12.9. The van der Waals surface area contributed by atoms with Crippen molar-refractivity contribution in [1.29, 1.82) is 0 Å². The zero-order chi connectivity index (χ0) is 16.5. The molecular weight excluding hydrogens is 329 g/mol. The summed E-state index contributed by atoms with van der Waals surface area (Å²) in [6.07, 6.45) is -3.54. The van der Waals surface area contributed by atoms with Crippen LogP contribution in [-0.2, 0) is 16.4 Å². The van der Waals surface area contributed by atoms with Crippen LogP contribution < -0.4 is 5.32 Å². The topological polar surface area (TPSA) is 32.3 Å². The molecule has 1 aromatic rings. The molecule has 1 unspecified atom stereocenters. The summed E-state index contributed by atoms with van der Waals surface area (Å²) in [7, 11) is 1.72. The Morgan fingerprint density at radius 3 is 2.39 bits per heavy atom. The Kier molecular flexibility index (Phi) is 6.10. The Hall–Kier alpha value is -1.27. The number of halogens is 4. The van der Waals surface area contributed by atoms with Crippen molar-refractivity contribution in [3.8, 4) is 0 Å². The van der Waals surface area contributed by atoms with Crippen LogP contribution in [0.5, 0.6) is 0 Å². The van der Waals surface area contributed by atoms with Crippen LogP contribution in [0.3, 0.4) is 0 Å². The van der Waals surface area contributed by atoms with Crippen LogP contribution in [0.4, 0.5) is 13.2 Å². The number of nitrogens with zero attached hydrogens (tertiary/aromatic N) is 1. The van der Waals surface area contributed by atoms with Crippen LogP contribution >= 0.6 is 12.4 Å². The molecule has 0 bridgehead atoms. The molecule has 130 valence electrons. The molecule has 0 spiro atoms. The summed E-state index contributed by atoms with van der Waals surface area (Å²) in [5.74, 6) is -0.166. The molecule has 1 atom stereocenters. The van der Waals surface area contributed by atoms with Crippen molar-refractivity contribution < 1.29 is 18.0 Å². The Balaban J connectivity index is 0.00000264. The lowest BCUT2D eigenvalue weighted by Crippen LogP contribution is -2.47. The van der Waals surface area contributed by atoms with Gasteiger partial charge in [-0.25, -0.2) is 0 Å². The first-order chi connectivity index (χ1) is 10.1. The number of benzene rings is 1. The van der Waals surface area contributed by atoms with Crippen LogP contribution in [0.15, 0.2) is 24.3 Å². The molecule has 7 heteroatoms. The summed E-state index contributed by atoms with van der Waals surface area (Å²) in [5.41, 5.74) is -1.35. The van der Waals surface area contributed by atoms with Crippen molar-refractivity contribution in [2.45, 2.75) is 37.9 Å². The lowest BCUT2D eigenvalue weighted by molar-refractivity contribution is -0.139. The highest BCUT2D eigenvalue weighted by molar-refractivity contribution is 5.87. The number of hydrogen-bond donors (Lipinski definition) is 1. The van der Waals surface area contributed by atoms with E-state index in [9.17, 15) is 18.0 Å². The van der Waals surface area contributed by atoms with Gasteiger partial charge in [0.25, 0.3) is 0 Å². The van der Waals surface area contributed by atoms with Gasteiger partial charge in [0, 0.05) is 19.6 Å². The molecule has 1 N–H and O–H groups in total. The van der Waals surface area contributed by atoms with Crippen LogP contribution in [0.25, 0.3) is 0 Å². The molecular formula is C16H22ClF3N2O. The zero-order valence-electron chi connectivity index (χ0n) is 13.4. The normalized spacial score (nSPS) is 18.4. The predicted molar refractivity (Wildman–Crippen MR) is 85.8 cm³/mol. The van der Waals surface area contributed by atoms with Gasteiger partial charge in [0.15, 0.2) is 0 Å². The first-order valence-corrected chi connectivity index (χ1v) is 7.30. The molecule has 0 aromatic heterocycles. The summed E-state index contributed by atoms with van der Waals surface area (Å²) >= 11 is 0. The average molecular weight is 351 g/mol. The molecule has 1 amide bonds. The number of carbonyl (C=O) groups is 1. The van der Waals surface area contributed by atoms with Gasteiger partial charge in [-0.15, -0.1) is 12.4 Å². The maximum absolute atomic E-state index is 12.9. The van der Waals surface area contributed by atoms with E-state index >= 15 is 0 Å². The molecule has 1 aromatic carbocycles. The third-order valence-electron chi connectivity index (χ3n) is 4.35. The fourth-order valence-corrected chi connectivity index (χ4v) is 2.78. The van der Waals surface area contributed by atoms with E-state index < -0.39 is 17.2 Å². The summed E-state index contributed by atoms with van der Waals surface area (Å²) < 4.78 is 38.6. The molecule has 1 aliphatic rings. The van der Waals surface area contributed by atoms with E-state index in [-0.39, 0.29) is 24.4 Å². The maximum Gasteiger partial charge on any atom is 0.416 e. The van der Waals surface area contributed by atoms with Crippen molar-refractivity contribution in [3.63, 3.8) is 0 Å². The van der Waals surface area contributed by atoms with Gasteiger partial charge in [0.2, 0.25) is 5.91 Å². The first-order valence-electron chi connectivity index (χ1n) is 7.30. The van der Waals surface area contributed by atoms with Crippen molar-refractivity contribution >= 4 is 18.3 Å². The van der Waals surface area contributed by atoms with Crippen LogP contribution in [0.1, 0.15) is 31.4 Å². The standard InChI is InChI=1S/C16H21F3N2O.ClH/c1-15(2,14(22)21(3)13-7-8-20-10-13)11-5-4-6-12(9-11)16(17,18)19;/h4-6,9,13,20H,7-8,10H2,1-3H3;1H. The highest BCUT2D eigenvalue weighted by Gasteiger charge is 2.38. The number of alkyl halides is 3. The molecule has 1 heterocycles. The molecule has 0 saturated carbocycles. The smallest absolute Gasteiger partial charge is 0.341 e.